The number of aryl methyl sites for hydroxylation is 1. The molecule has 7 heteroatoms. The van der Waals surface area contributed by atoms with Gasteiger partial charge in [-0.2, -0.15) is 0 Å². The van der Waals surface area contributed by atoms with Gasteiger partial charge in [-0.05, 0) is 58.4 Å². The SMILES string of the molecule is COC(=O)c1c(C)[nH]c(C(=O)O[C@H](C)C(=O)NCCC2=CCCCC2)c1C. The van der Waals surface area contributed by atoms with Gasteiger partial charge in [0.25, 0.3) is 5.91 Å². The highest BCUT2D eigenvalue weighted by Gasteiger charge is 2.26. The van der Waals surface area contributed by atoms with Crippen molar-refractivity contribution in [3.63, 3.8) is 0 Å². The lowest BCUT2D eigenvalue weighted by Gasteiger charge is -2.15. The molecule has 1 aromatic heterocycles. The third-order valence-corrected chi connectivity index (χ3v) is 4.81. The number of methoxy groups -OCH3 is 1. The molecule has 0 aromatic carbocycles. The number of aromatic amines is 1. The van der Waals surface area contributed by atoms with Crippen LogP contribution in [0.25, 0.3) is 0 Å². The highest BCUT2D eigenvalue weighted by molar-refractivity contribution is 5.99. The minimum atomic E-state index is -0.928. The van der Waals surface area contributed by atoms with E-state index in [2.05, 4.69) is 16.4 Å². The van der Waals surface area contributed by atoms with E-state index in [1.54, 1.807) is 13.8 Å². The first-order chi connectivity index (χ1) is 12.8. The van der Waals surface area contributed by atoms with Gasteiger partial charge in [0.05, 0.1) is 12.7 Å². The Labute approximate surface area is 159 Å². The molecule has 1 atom stereocenters. The molecule has 0 fully saturated rings. The molecule has 0 unspecified atom stereocenters. The lowest BCUT2D eigenvalue weighted by Crippen LogP contribution is -2.36. The monoisotopic (exact) mass is 376 g/mol. The van der Waals surface area contributed by atoms with Crippen molar-refractivity contribution in [2.45, 2.75) is 59.0 Å². The third-order valence-electron chi connectivity index (χ3n) is 4.81. The number of ether oxygens (including phenoxy) is 2. The van der Waals surface area contributed by atoms with Gasteiger partial charge in [0.15, 0.2) is 6.10 Å². The van der Waals surface area contributed by atoms with Gasteiger partial charge in [-0.15, -0.1) is 0 Å². The summed E-state index contributed by atoms with van der Waals surface area (Å²) in [5, 5.41) is 2.80. The number of carbonyl (C=O) groups excluding carboxylic acids is 3. The fraction of sp³-hybridized carbons (Fsp3) is 0.550. The number of esters is 2. The summed E-state index contributed by atoms with van der Waals surface area (Å²) in [6.45, 7) is 5.36. The molecule has 1 aliphatic rings. The molecular formula is C20H28N2O5. The van der Waals surface area contributed by atoms with E-state index in [1.807, 2.05) is 0 Å². The van der Waals surface area contributed by atoms with Crippen LogP contribution in [0, 0.1) is 13.8 Å². The maximum atomic E-state index is 12.4. The van der Waals surface area contributed by atoms with E-state index in [0.29, 0.717) is 23.4 Å². The molecule has 0 bridgehead atoms. The molecule has 0 aliphatic heterocycles. The smallest absolute Gasteiger partial charge is 0.355 e. The highest BCUT2D eigenvalue weighted by atomic mass is 16.5. The molecule has 148 valence electrons. The fourth-order valence-electron chi connectivity index (χ4n) is 3.26. The second-order valence-corrected chi connectivity index (χ2v) is 6.81. The molecule has 1 heterocycles. The Bertz CT molecular complexity index is 748. The first-order valence-corrected chi connectivity index (χ1v) is 9.29. The second-order valence-electron chi connectivity index (χ2n) is 6.81. The van der Waals surface area contributed by atoms with Crippen molar-refractivity contribution < 1.29 is 23.9 Å². The largest absolute Gasteiger partial charge is 0.465 e. The highest BCUT2D eigenvalue weighted by Crippen LogP contribution is 2.21. The molecule has 0 radical (unpaired) electrons. The Morgan fingerprint density at radius 3 is 2.59 bits per heavy atom. The number of allylic oxidation sites excluding steroid dienone is 1. The first kappa shape index (κ1) is 20.7. The van der Waals surface area contributed by atoms with Crippen molar-refractivity contribution in [2.24, 2.45) is 0 Å². The van der Waals surface area contributed by atoms with Gasteiger partial charge in [-0.1, -0.05) is 11.6 Å². The normalized spacial score (nSPS) is 14.9. The van der Waals surface area contributed by atoms with E-state index in [-0.39, 0.29) is 11.6 Å². The van der Waals surface area contributed by atoms with Gasteiger partial charge >= 0.3 is 11.9 Å². The molecule has 1 aromatic rings. The van der Waals surface area contributed by atoms with Crippen LogP contribution < -0.4 is 5.32 Å². The van der Waals surface area contributed by atoms with Crippen LogP contribution in [-0.2, 0) is 14.3 Å². The molecule has 27 heavy (non-hydrogen) atoms. The van der Waals surface area contributed by atoms with E-state index in [4.69, 9.17) is 9.47 Å². The molecule has 2 N–H and O–H groups in total. The summed E-state index contributed by atoms with van der Waals surface area (Å²) in [5.41, 5.74) is 2.80. The number of amides is 1. The molecule has 1 amide bonds. The van der Waals surface area contributed by atoms with Gasteiger partial charge in [0.1, 0.15) is 5.69 Å². The summed E-state index contributed by atoms with van der Waals surface area (Å²) >= 11 is 0. The van der Waals surface area contributed by atoms with Crippen molar-refractivity contribution in [1.29, 1.82) is 0 Å². The van der Waals surface area contributed by atoms with Crippen molar-refractivity contribution in [2.75, 3.05) is 13.7 Å². The number of H-pyrrole nitrogens is 1. The third kappa shape index (κ3) is 5.21. The quantitative estimate of drug-likeness (QED) is 0.563. The number of hydrogen-bond donors (Lipinski definition) is 2. The number of rotatable bonds is 7. The van der Waals surface area contributed by atoms with Crippen molar-refractivity contribution >= 4 is 17.8 Å². The van der Waals surface area contributed by atoms with Crippen LogP contribution in [-0.4, -0.2) is 42.6 Å². The number of hydrogen-bond acceptors (Lipinski definition) is 5. The van der Waals surface area contributed by atoms with Gasteiger partial charge < -0.3 is 19.8 Å². The molecule has 1 aliphatic carbocycles. The number of aromatic nitrogens is 1. The zero-order valence-corrected chi connectivity index (χ0v) is 16.4. The van der Waals surface area contributed by atoms with Gasteiger partial charge in [-0.25, -0.2) is 9.59 Å². The topological polar surface area (TPSA) is 97.5 Å². The molecular weight excluding hydrogens is 348 g/mol. The van der Waals surface area contributed by atoms with Crippen LogP contribution in [0.1, 0.15) is 71.1 Å². The predicted molar refractivity (Wildman–Crippen MR) is 101 cm³/mol. The summed E-state index contributed by atoms with van der Waals surface area (Å²) in [4.78, 5) is 39.2. The first-order valence-electron chi connectivity index (χ1n) is 9.29. The van der Waals surface area contributed by atoms with Crippen molar-refractivity contribution in [3.05, 3.63) is 34.2 Å². The van der Waals surface area contributed by atoms with Gasteiger partial charge in [-0.3, -0.25) is 4.79 Å². The van der Waals surface area contributed by atoms with Crippen molar-refractivity contribution in [3.8, 4) is 0 Å². The average molecular weight is 376 g/mol. The Morgan fingerprint density at radius 1 is 1.22 bits per heavy atom. The number of carbonyl (C=O) groups is 3. The Balaban J connectivity index is 1.90. The van der Waals surface area contributed by atoms with Crippen LogP contribution >= 0.6 is 0 Å². The lowest BCUT2D eigenvalue weighted by atomic mass is 9.97. The van der Waals surface area contributed by atoms with E-state index < -0.39 is 18.0 Å². The van der Waals surface area contributed by atoms with E-state index in [9.17, 15) is 14.4 Å². The Hall–Kier alpha value is -2.57. The Morgan fingerprint density at radius 2 is 1.96 bits per heavy atom. The fourth-order valence-corrected chi connectivity index (χ4v) is 3.26. The summed E-state index contributed by atoms with van der Waals surface area (Å²) in [7, 11) is 1.28. The predicted octanol–water partition coefficient (Wildman–Crippen LogP) is 2.97. The minimum Gasteiger partial charge on any atom is -0.465 e. The van der Waals surface area contributed by atoms with Gasteiger partial charge in [0, 0.05) is 12.2 Å². The average Bonchev–Trinajstić information content (AvgIpc) is 2.96. The second kappa shape index (κ2) is 9.39. The number of nitrogens with one attached hydrogen (secondary N) is 2. The molecule has 7 nitrogen and oxygen atoms in total. The van der Waals surface area contributed by atoms with E-state index in [0.717, 1.165) is 19.3 Å². The van der Waals surface area contributed by atoms with E-state index in [1.165, 1.54) is 32.4 Å². The maximum Gasteiger partial charge on any atom is 0.355 e. The zero-order valence-electron chi connectivity index (χ0n) is 16.4. The molecule has 2 rings (SSSR count). The lowest BCUT2D eigenvalue weighted by molar-refractivity contribution is -0.129. The minimum absolute atomic E-state index is 0.153. The molecule has 0 saturated heterocycles. The standard InChI is InChI=1S/C20H28N2O5/c1-12-16(19(24)26-4)13(2)22-17(12)20(25)27-14(3)18(23)21-11-10-15-8-6-5-7-9-15/h8,14,22H,5-7,9-11H2,1-4H3,(H,21,23)/t14-/m1/s1. The summed E-state index contributed by atoms with van der Waals surface area (Å²) in [6, 6.07) is 0. The van der Waals surface area contributed by atoms with Crippen LogP contribution in [0.2, 0.25) is 0 Å². The molecule has 0 spiro atoms. The summed E-state index contributed by atoms with van der Waals surface area (Å²) < 4.78 is 9.98. The van der Waals surface area contributed by atoms with Gasteiger partial charge in [0.2, 0.25) is 0 Å². The van der Waals surface area contributed by atoms with E-state index >= 15 is 0 Å². The summed E-state index contributed by atoms with van der Waals surface area (Å²) in [6.07, 6.45) is 6.78. The Kier molecular flexibility index (Phi) is 7.21. The van der Waals surface area contributed by atoms with Crippen molar-refractivity contribution in [1.82, 2.24) is 10.3 Å². The molecule has 0 saturated carbocycles. The summed E-state index contributed by atoms with van der Waals surface area (Å²) in [5.74, 6) is -1.54. The zero-order chi connectivity index (χ0) is 20.0. The van der Waals surface area contributed by atoms with Crippen LogP contribution in [0.5, 0.6) is 0 Å². The van der Waals surface area contributed by atoms with Crippen LogP contribution in [0.15, 0.2) is 11.6 Å². The van der Waals surface area contributed by atoms with Crippen LogP contribution in [0.3, 0.4) is 0 Å². The van der Waals surface area contributed by atoms with Crippen LogP contribution in [0.4, 0.5) is 0 Å². The maximum absolute atomic E-state index is 12.4.